The molecule has 2 aliphatic rings. The number of ether oxygens (including phenoxy) is 2. The maximum absolute atomic E-state index is 12.8. The molecule has 1 amide bonds. The molecule has 6 nitrogen and oxygen atoms in total. The van der Waals surface area contributed by atoms with Crippen molar-refractivity contribution < 1.29 is 14.3 Å². The van der Waals surface area contributed by atoms with Gasteiger partial charge in [-0.2, -0.15) is 0 Å². The molecule has 6 heteroatoms. The molecule has 0 aromatic heterocycles. The smallest absolute Gasteiger partial charge is 0.229 e. The number of methoxy groups -OCH3 is 2. The zero-order valence-electron chi connectivity index (χ0n) is 14.7. The number of nitrogens with one attached hydrogen (secondary N) is 2. The Morgan fingerprint density at radius 1 is 1.42 bits per heavy atom. The zero-order chi connectivity index (χ0) is 17.2. The van der Waals surface area contributed by atoms with Gasteiger partial charge in [-0.05, 0) is 25.1 Å². The SMILES string of the molecule is COc1ccc(CCNC(=O)[C@@]23CNC[C@@H]2CN(C)C3)c(OC)c1. The number of hydrogen-bond donors (Lipinski definition) is 2. The highest BCUT2D eigenvalue weighted by Crippen LogP contribution is 2.38. The molecule has 2 saturated heterocycles. The van der Waals surface area contributed by atoms with Crippen LogP contribution in [0, 0.1) is 11.3 Å². The number of benzene rings is 1. The van der Waals surface area contributed by atoms with Gasteiger partial charge in [0, 0.05) is 44.7 Å². The molecule has 3 rings (SSSR count). The minimum absolute atomic E-state index is 0.175. The standard InChI is InChI=1S/C18H27N3O3/c1-21-10-14-9-19-11-18(14,12-21)17(22)20-7-6-13-4-5-15(23-2)8-16(13)24-3/h4-5,8,14,19H,6-7,9-12H2,1-3H3,(H,20,22)/t14-,18-/m1/s1. The van der Waals surface area contributed by atoms with Crippen LogP contribution < -0.4 is 20.1 Å². The number of carbonyl (C=O) groups is 1. The topological polar surface area (TPSA) is 62.8 Å². The molecule has 2 fully saturated rings. The molecule has 2 aliphatic heterocycles. The van der Waals surface area contributed by atoms with E-state index in [0.29, 0.717) is 12.5 Å². The van der Waals surface area contributed by atoms with Crippen molar-refractivity contribution in [2.75, 3.05) is 54.0 Å². The fourth-order valence-corrected chi connectivity index (χ4v) is 4.04. The van der Waals surface area contributed by atoms with Crippen molar-refractivity contribution in [2.24, 2.45) is 11.3 Å². The number of nitrogens with zero attached hydrogens (tertiary/aromatic N) is 1. The third-order valence-corrected chi connectivity index (χ3v) is 5.32. The Hall–Kier alpha value is -1.79. The number of carbonyl (C=O) groups excluding carboxylic acids is 1. The molecule has 132 valence electrons. The number of hydrogen-bond acceptors (Lipinski definition) is 5. The Morgan fingerprint density at radius 2 is 2.25 bits per heavy atom. The molecule has 2 N–H and O–H groups in total. The molecular formula is C18H27N3O3. The molecule has 0 bridgehead atoms. The zero-order valence-corrected chi connectivity index (χ0v) is 14.7. The van der Waals surface area contributed by atoms with E-state index < -0.39 is 0 Å². The van der Waals surface area contributed by atoms with Crippen LogP contribution in [0.1, 0.15) is 5.56 Å². The van der Waals surface area contributed by atoms with Crippen molar-refractivity contribution in [1.82, 2.24) is 15.5 Å². The van der Waals surface area contributed by atoms with Gasteiger partial charge in [0.15, 0.2) is 0 Å². The Balaban J connectivity index is 1.59. The van der Waals surface area contributed by atoms with Crippen LogP contribution in [0.3, 0.4) is 0 Å². The monoisotopic (exact) mass is 333 g/mol. The van der Waals surface area contributed by atoms with Gasteiger partial charge in [0.05, 0.1) is 19.6 Å². The fraction of sp³-hybridized carbons (Fsp3) is 0.611. The predicted molar refractivity (Wildman–Crippen MR) is 92.5 cm³/mol. The van der Waals surface area contributed by atoms with Gasteiger partial charge in [-0.25, -0.2) is 0 Å². The van der Waals surface area contributed by atoms with Crippen LogP contribution in [0.5, 0.6) is 11.5 Å². The van der Waals surface area contributed by atoms with Crippen LogP contribution >= 0.6 is 0 Å². The van der Waals surface area contributed by atoms with E-state index in [1.807, 2.05) is 18.2 Å². The van der Waals surface area contributed by atoms with Crippen molar-refractivity contribution >= 4 is 5.91 Å². The lowest BCUT2D eigenvalue weighted by molar-refractivity contribution is -0.130. The largest absolute Gasteiger partial charge is 0.497 e. The van der Waals surface area contributed by atoms with Crippen LogP contribution in [-0.4, -0.2) is 64.8 Å². The lowest BCUT2D eigenvalue weighted by Crippen LogP contribution is -2.47. The van der Waals surface area contributed by atoms with E-state index >= 15 is 0 Å². The Labute approximate surface area is 143 Å². The van der Waals surface area contributed by atoms with Gasteiger partial charge < -0.3 is 25.0 Å². The summed E-state index contributed by atoms with van der Waals surface area (Å²) in [6, 6.07) is 5.78. The number of rotatable bonds is 6. The minimum atomic E-state index is -0.265. The molecule has 24 heavy (non-hydrogen) atoms. The highest BCUT2D eigenvalue weighted by atomic mass is 16.5. The van der Waals surface area contributed by atoms with E-state index in [4.69, 9.17) is 9.47 Å². The van der Waals surface area contributed by atoms with E-state index in [1.165, 1.54) is 0 Å². The number of likely N-dealkylation sites (tertiary alicyclic amines) is 1. The number of fused-ring (bicyclic) bond motifs is 1. The van der Waals surface area contributed by atoms with Crippen LogP contribution in [0.15, 0.2) is 18.2 Å². The summed E-state index contributed by atoms with van der Waals surface area (Å²) in [6.07, 6.45) is 0.739. The summed E-state index contributed by atoms with van der Waals surface area (Å²) in [5, 5.41) is 6.53. The fourth-order valence-electron chi connectivity index (χ4n) is 4.04. The van der Waals surface area contributed by atoms with Gasteiger partial charge in [0.25, 0.3) is 0 Å². The minimum Gasteiger partial charge on any atom is -0.497 e. The average Bonchev–Trinajstić information content (AvgIpc) is 3.11. The van der Waals surface area contributed by atoms with E-state index in [-0.39, 0.29) is 11.3 Å². The Morgan fingerprint density at radius 3 is 3.00 bits per heavy atom. The van der Waals surface area contributed by atoms with Crippen LogP contribution in [0.25, 0.3) is 0 Å². The van der Waals surface area contributed by atoms with E-state index in [1.54, 1.807) is 14.2 Å². The third kappa shape index (κ3) is 3.08. The van der Waals surface area contributed by atoms with Crippen molar-refractivity contribution in [3.63, 3.8) is 0 Å². The maximum Gasteiger partial charge on any atom is 0.229 e. The van der Waals surface area contributed by atoms with Crippen molar-refractivity contribution in [3.8, 4) is 11.5 Å². The molecule has 0 spiro atoms. The van der Waals surface area contributed by atoms with Gasteiger partial charge >= 0.3 is 0 Å². The molecule has 0 aliphatic carbocycles. The second-order valence-corrected chi connectivity index (χ2v) is 6.86. The summed E-state index contributed by atoms with van der Waals surface area (Å²) in [5.74, 6) is 2.16. The van der Waals surface area contributed by atoms with Crippen molar-refractivity contribution in [3.05, 3.63) is 23.8 Å². The Bertz CT molecular complexity index is 607. The van der Waals surface area contributed by atoms with Crippen LogP contribution in [0.4, 0.5) is 0 Å². The molecular weight excluding hydrogens is 306 g/mol. The molecule has 1 aromatic rings. The molecule has 1 aromatic carbocycles. The Kier molecular flexibility index (Phi) is 4.96. The third-order valence-electron chi connectivity index (χ3n) is 5.32. The second kappa shape index (κ2) is 6.99. The van der Waals surface area contributed by atoms with E-state index in [2.05, 4.69) is 22.6 Å². The first-order valence-corrected chi connectivity index (χ1v) is 8.47. The van der Waals surface area contributed by atoms with Gasteiger partial charge in [-0.15, -0.1) is 0 Å². The van der Waals surface area contributed by atoms with Gasteiger partial charge in [0.1, 0.15) is 11.5 Å². The van der Waals surface area contributed by atoms with E-state index in [9.17, 15) is 4.79 Å². The quantitative estimate of drug-likeness (QED) is 0.794. The number of amides is 1. The molecule has 0 radical (unpaired) electrons. The summed E-state index contributed by atoms with van der Waals surface area (Å²) in [5.41, 5.74) is 0.805. The van der Waals surface area contributed by atoms with Gasteiger partial charge in [-0.3, -0.25) is 4.79 Å². The predicted octanol–water partition coefficient (Wildman–Crippen LogP) is 0.514. The highest BCUT2D eigenvalue weighted by Gasteiger charge is 2.53. The normalized spacial score (nSPS) is 26.2. The summed E-state index contributed by atoms with van der Waals surface area (Å²) >= 11 is 0. The lowest BCUT2D eigenvalue weighted by atomic mass is 9.80. The summed E-state index contributed by atoms with van der Waals surface area (Å²) < 4.78 is 10.6. The van der Waals surface area contributed by atoms with Crippen molar-refractivity contribution in [2.45, 2.75) is 6.42 Å². The first-order valence-electron chi connectivity index (χ1n) is 8.47. The lowest BCUT2D eigenvalue weighted by Gasteiger charge is -2.26. The first kappa shape index (κ1) is 17.0. The van der Waals surface area contributed by atoms with Gasteiger partial charge in [0.2, 0.25) is 5.91 Å². The molecule has 0 unspecified atom stereocenters. The molecule has 2 atom stereocenters. The van der Waals surface area contributed by atoms with Crippen molar-refractivity contribution in [1.29, 1.82) is 0 Å². The van der Waals surface area contributed by atoms with E-state index in [0.717, 1.165) is 49.7 Å². The van der Waals surface area contributed by atoms with Crippen LogP contribution in [-0.2, 0) is 11.2 Å². The van der Waals surface area contributed by atoms with Crippen LogP contribution in [0.2, 0.25) is 0 Å². The molecule has 2 heterocycles. The maximum atomic E-state index is 12.8. The average molecular weight is 333 g/mol. The summed E-state index contributed by atoms with van der Waals surface area (Å²) in [6.45, 7) is 4.15. The summed E-state index contributed by atoms with van der Waals surface area (Å²) in [4.78, 5) is 15.1. The van der Waals surface area contributed by atoms with Gasteiger partial charge in [-0.1, -0.05) is 6.07 Å². The summed E-state index contributed by atoms with van der Waals surface area (Å²) in [7, 11) is 5.38. The molecule has 0 saturated carbocycles. The first-order chi connectivity index (χ1) is 11.6. The second-order valence-electron chi connectivity index (χ2n) is 6.86. The highest BCUT2D eigenvalue weighted by molar-refractivity contribution is 5.84.